The molecule has 0 unspecified atom stereocenters. The van der Waals surface area contributed by atoms with Crippen molar-refractivity contribution in [3.63, 3.8) is 0 Å². The van der Waals surface area contributed by atoms with Gasteiger partial charge in [0.25, 0.3) is 11.1 Å². The highest BCUT2D eigenvalue weighted by molar-refractivity contribution is 8.18. The first kappa shape index (κ1) is 27.9. The molecule has 210 valence electrons. The minimum atomic E-state index is -0.369. The van der Waals surface area contributed by atoms with Crippen LogP contribution in [0.3, 0.4) is 0 Å². The quantitative estimate of drug-likeness (QED) is 0.185. The summed E-state index contributed by atoms with van der Waals surface area (Å²) in [6.45, 7) is 0.465. The Morgan fingerprint density at radius 2 is 1.61 bits per heavy atom. The number of imide groups is 1. The lowest BCUT2D eigenvalue weighted by Crippen LogP contribution is -2.17. The van der Waals surface area contributed by atoms with Crippen LogP contribution in [0.5, 0.6) is 23.0 Å². The van der Waals surface area contributed by atoms with E-state index in [4.69, 9.17) is 23.4 Å². The Balaban J connectivity index is 1.25. The number of hydrogen-bond acceptors (Lipinski definition) is 9. The van der Waals surface area contributed by atoms with Gasteiger partial charge in [0.05, 0.1) is 38.2 Å². The number of carbonyl (C=O) groups is 2. The topological polar surface area (TPSA) is 113 Å². The van der Waals surface area contributed by atoms with E-state index in [0.29, 0.717) is 56.8 Å². The molecule has 0 radical (unpaired) electrons. The van der Waals surface area contributed by atoms with Gasteiger partial charge >= 0.3 is 0 Å². The van der Waals surface area contributed by atoms with E-state index >= 15 is 0 Å². The Labute approximate surface area is 240 Å². The van der Waals surface area contributed by atoms with Crippen molar-refractivity contribution in [1.82, 2.24) is 5.32 Å². The summed E-state index contributed by atoms with van der Waals surface area (Å²) >= 11 is 0.899. The number of carbonyl (C=O) groups excluding carboxylic acids is 2. The molecular formula is C31H27NO8S. The van der Waals surface area contributed by atoms with Crippen LogP contribution < -0.4 is 29.7 Å². The zero-order valence-corrected chi connectivity index (χ0v) is 23.5. The van der Waals surface area contributed by atoms with Crippen LogP contribution in [-0.2, 0) is 11.2 Å². The lowest BCUT2D eigenvalue weighted by Gasteiger charge is -2.14. The van der Waals surface area contributed by atoms with Crippen molar-refractivity contribution < 1.29 is 33.0 Å². The number of nitrogens with one attached hydrogen (secondary N) is 1. The van der Waals surface area contributed by atoms with Crippen molar-refractivity contribution in [2.24, 2.45) is 0 Å². The maximum atomic E-state index is 12.9. The fraction of sp³-hybridized carbons (Fsp3) is 0.194. The summed E-state index contributed by atoms with van der Waals surface area (Å²) in [7, 11) is 4.57. The molecule has 1 aliphatic rings. The molecule has 41 heavy (non-hydrogen) atoms. The van der Waals surface area contributed by atoms with Crippen molar-refractivity contribution in [3.8, 4) is 34.3 Å². The molecule has 2 amide bonds. The van der Waals surface area contributed by atoms with Crippen LogP contribution in [0.15, 0.2) is 74.8 Å². The second kappa shape index (κ2) is 12.2. The Hall–Kier alpha value is -4.70. The van der Waals surface area contributed by atoms with Crippen LogP contribution in [0.2, 0.25) is 0 Å². The van der Waals surface area contributed by atoms with Gasteiger partial charge in [-0.3, -0.25) is 19.7 Å². The average molecular weight is 574 g/mol. The number of methoxy groups -OCH3 is 3. The first-order chi connectivity index (χ1) is 19.9. The molecular weight excluding hydrogens is 546 g/mol. The molecule has 0 atom stereocenters. The average Bonchev–Trinajstić information content (AvgIpc) is 3.30. The van der Waals surface area contributed by atoms with E-state index in [9.17, 15) is 14.4 Å². The number of benzene rings is 3. The summed E-state index contributed by atoms with van der Waals surface area (Å²) in [5, 5.41) is 2.34. The summed E-state index contributed by atoms with van der Waals surface area (Å²) in [4.78, 5) is 36.3. The maximum absolute atomic E-state index is 12.9. The molecule has 5 rings (SSSR count). The van der Waals surface area contributed by atoms with Crippen LogP contribution in [0.1, 0.15) is 17.5 Å². The van der Waals surface area contributed by atoms with Gasteiger partial charge in [0.1, 0.15) is 17.1 Å². The van der Waals surface area contributed by atoms with Gasteiger partial charge in [0, 0.05) is 17.7 Å². The van der Waals surface area contributed by atoms with E-state index in [2.05, 4.69) is 5.32 Å². The third-order valence-corrected chi connectivity index (χ3v) is 7.26. The third kappa shape index (κ3) is 6.22. The molecule has 4 aromatic rings. The molecule has 1 aromatic heterocycles. The summed E-state index contributed by atoms with van der Waals surface area (Å²) < 4.78 is 28.3. The lowest BCUT2D eigenvalue weighted by molar-refractivity contribution is -0.115. The Morgan fingerprint density at radius 1 is 0.878 bits per heavy atom. The number of aryl methyl sites for hydroxylation is 1. The molecule has 3 aromatic carbocycles. The lowest BCUT2D eigenvalue weighted by atomic mass is 10.1. The largest absolute Gasteiger partial charge is 0.493 e. The Kier molecular flexibility index (Phi) is 8.30. The number of thioether (sulfide) groups is 1. The fourth-order valence-corrected chi connectivity index (χ4v) is 5.09. The van der Waals surface area contributed by atoms with E-state index in [1.807, 2.05) is 24.3 Å². The summed E-state index contributed by atoms with van der Waals surface area (Å²) in [6, 6.07) is 17.8. The van der Waals surface area contributed by atoms with Gasteiger partial charge in [-0.25, -0.2) is 0 Å². The number of ether oxygens (including phenoxy) is 4. The van der Waals surface area contributed by atoms with E-state index in [1.54, 1.807) is 36.4 Å². The molecule has 1 N–H and O–H groups in total. The molecule has 1 fully saturated rings. The van der Waals surface area contributed by atoms with Crippen molar-refractivity contribution >= 4 is 40.0 Å². The van der Waals surface area contributed by atoms with E-state index in [-0.39, 0.29) is 16.6 Å². The van der Waals surface area contributed by atoms with Gasteiger partial charge in [-0.15, -0.1) is 0 Å². The van der Waals surface area contributed by atoms with Crippen molar-refractivity contribution in [2.75, 3.05) is 27.9 Å². The number of fused-ring (bicyclic) bond motifs is 1. The highest BCUT2D eigenvalue weighted by Gasteiger charge is 2.24. The van der Waals surface area contributed by atoms with Crippen molar-refractivity contribution in [1.29, 1.82) is 0 Å². The number of rotatable bonds is 10. The highest BCUT2D eigenvalue weighted by Crippen LogP contribution is 2.41. The number of hydrogen-bond donors (Lipinski definition) is 1. The van der Waals surface area contributed by atoms with E-state index in [1.165, 1.54) is 27.4 Å². The van der Waals surface area contributed by atoms with Gasteiger partial charge in [0.2, 0.25) is 5.75 Å². The predicted molar refractivity (Wildman–Crippen MR) is 157 cm³/mol. The molecule has 0 bridgehead atoms. The normalized spacial score (nSPS) is 13.9. The van der Waals surface area contributed by atoms with Crippen molar-refractivity contribution in [2.45, 2.75) is 12.8 Å². The third-order valence-electron chi connectivity index (χ3n) is 6.45. The second-order valence-corrected chi connectivity index (χ2v) is 10.1. The summed E-state index contributed by atoms with van der Waals surface area (Å²) in [5.74, 6) is 1.92. The first-order valence-electron chi connectivity index (χ1n) is 12.7. The maximum Gasteiger partial charge on any atom is 0.290 e. The minimum absolute atomic E-state index is 0.181. The first-order valence-corrected chi connectivity index (χ1v) is 13.5. The van der Waals surface area contributed by atoms with Gasteiger partial charge in [-0.2, -0.15) is 0 Å². The molecule has 9 nitrogen and oxygen atoms in total. The monoisotopic (exact) mass is 573 g/mol. The molecule has 0 spiro atoms. The molecule has 10 heteroatoms. The highest BCUT2D eigenvalue weighted by atomic mass is 32.2. The SMILES string of the molecule is COc1cc(-c2cc(=O)c3ccc(OCCCc4ccc(/C=C5/SC(=O)NC5=O)cc4)cc3o2)cc(OC)c1OC. The van der Waals surface area contributed by atoms with E-state index in [0.717, 1.165) is 35.7 Å². The molecule has 1 aliphatic heterocycles. The predicted octanol–water partition coefficient (Wildman–Crippen LogP) is 5.82. The summed E-state index contributed by atoms with van der Waals surface area (Å²) in [6.07, 6.45) is 3.25. The Morgan fingerprint density at radius 3 is 2.24 bits per heavy atom. The van der Waals surface area contributed by atoms with Crippen molar-refractivity contribution in [3.05, 3.63) is 86.9 Å². The fourth-order valence-electron chi connectivity index (χ4n) is 4.41. The van der Waals surface area contributed by atoms with Crippen LogP contribution in [0.25, 0.3) is 28.4 Å². The van der Waals surface area contributed by atoms with Gasteiger partial charge < -0.3 is 23.4 Å². The standard InChI is InChI=1S/C31H27NO8S/c1-36-26-14-20(15-27(37-2)29(26)38-3)24-17-23(33)22-11-10-21(16-25(22)40-24)39-12-4-5-18-6-8-19(9-7-18)13-28-30(34)32-31(35)41-28/h6-11,13-17H,4-5,12H2,1-3H3,(H,32,34,35)/b28-13+. The molecule has 0 saturated carbocycles. The zero-order valence-electron chi connectivity index (χ0n) is 22.6. The number of amides is 2. The molecule has 2 heterocycles. The smallest absolute Gasteiger partial charge is 0.290 e. The van der Waals surface area contributed by atoms with Gasteiger partial charge in [0.15, 0.2) is 16.9 Å². The van der Waals surface area contributed by atoms with Gasteiger partial charge in [-0.1, -0.05) is 24.3 Å². The Bertz CT molecular complexity index is 1680. The zero-order chi connectivity index (χ0) is 28.9. The second-order valence-electron chi connectivity index (χ2n) is 9.09. The molecule has 1 saturated heterocycles. The van der Waals surface area contributed by atoms with Crippen LogP contribution >= 0.6 is 11.8 Å². The molecule has 0 aliphatic carbocycles. The van der Waals surface area contributed by atoms with E-state index < -0.39 is 0 Å². The minimum Gasteiger partial charge on any atom is -0.493 e. The van der Waals surface area contributed by atoms with Crippen LogP contribution in [0, 0.1) is 0 Å². The van der Waals surface area contributed by atoms with Crippen LogP contribution in [0.4, 0.5) is 4.79 Å². The summed E-state index contributed by atoms with van der Waals surface area (Å²) in [5.41, 5.74) is 2.79. The van der Waals surface area contributed by atoms with Crippen LogP contribution in [-0.4, -0.2) is 39.1 Å². The van der Waals surface area contributed by atoms with Gasteiger partial charge in [-0.05, 0) is 66.1 Å².